The molecule has 1 aromatic heterocycles. The summed E-state index contributed by atoms with van der Waals surface area (Å²) in [6.07, 6.45) is 1.59. The molecule has 8 nitrogen and oxygen atoms in total. The minimum atomic E-state index is -0.232. The molecule has 0 aliphatic carbocycles. The Kier molecular flexibility index (Phi) is 5.34. The second-order valence-corrected chi connectivity index (χ2v) is 6.18. The molecule has 0 aromatic carbocycles. The highest BCUT2D eigenvalue weighted by atomic mass is 16.6. The number of anilines is 2. The third-order valence-electron chi connectivity index (χ3n) is 4.54. The molecule has 0 N–H and O–H groups in total. The first-order valence-electron chi connectivity index (χ1n) is 8.60. The number of aromatic nitrogens is 2. The minimum absolute atomic E-state index is 0.232. The zero-order valence-corrected chi connectivity index (χ0v) is 14.5. The summed E-state index contributed by atoms with van der Waals surface area (Å²) in [6.45, 7) is 9.06. The number of rotatable bonds is 3. The quantitative estimate of drug-likeness (QED) is 0.798. The van der Waals surface area contributed by atoms with Gasteiger partial charge in [-0.1, -0.05) is 0 Å². The molecule has 132 valence electrons. The summed E-state index contributed by atoms with van der Waals surface area (Å²) in [4.78, 5) is 29.4. The number of amides is 1. The van der Waals surface area contributed by atoms with Gasteiger partial charge in [-0.05, 0) is 20.0 Å². The van der Waals surface area contributed by atoms with Gasteiger partial charge in [-0.25, -0.2) is 9.78 Å². The molecule has 3 rings (SSSR count). The fraction of sp³-hybridized carbons (Fsp3) is 0.688. The topological polar surface area (TPSA) is 65.0 Å². The highest BCUT2D eigenvalue weighted by molar-refractivity contribution is 5.68. The maximum absolute atomic E-state index is 11.8. The molecule has 1 amide bonds. The first kappa shape index (κ1) is 16.8. The van der Waals surface area contributed by atoms with Gasteiger partial charge >= 0.3 is 6.09 Å². The summed E-state index contributed by atoms with van der Waals surface area (Å²) in [5.74, 6) is 1.73. The van der Waals surface area contributed by atoms with Gasteiger partial charge in [0.2, 0.25) is 5.95 Å². The maximum atomic E-state index is 11.8. The molecular weight excluding hydrogens is 308 g/mol. The molecule has 0 saturated carbocycles. The van der Waals surface area contributed by atoms with Crippen LogP contribution in [0.25, 0.3) is 0 Å². The van der Waals surface area contributed by atoms with Gasteiger partial charge in [0.25, 0.3) is 0 Å². The molecule has 2 saturated heterocycles. The Balaban J connectivity index is 1.60. The van der Waals surface area contributed by atoms with Crippen LogP contribution in [0.5, 0.6) is 0 Å². The second-order valence-electron chi connectivity index (χ2n) is 6.18. The molecule has 0 atom stereocenters. The van der Waals surface area contributed by atoms with E-state index >= 15 is 0 Å². The Labute approximate surface area is 143 Å². The summed E-state index contributed by atoms with van der Waals surface area (Å²) in [7, 11) is 2.14. The van der Waals surface area contributed by atoms with E-state index in [1.54, 1.807) is 4.90 Å². The Morgan fingerprint density at radius 3 is 2.42 bits per heavy atom. The van der Waals surface area contributed by atoms with Crippen LogP contribution in [0, 0.1) is 0 Å². The van der Waals surface area contributed by atoms with Gasteiger partial charge in [0.05, 0.1) is 6.61 Å². The molecule has 24 heavy (non-hydrogen) atoms. The summed E-state index contributed by atoms with van der Waals surface area (Å²) >= 11 is 0. The van der Waals surface area contributed by atoms with Crippen LogP contribution in [0.3, 0.4) is 0 Å². The SMILES string of the molecule is CCOC(=O)N1CCN(c2nccc(N3CCN(C)CC3)n2)CC1. The highest BCUT2D eigenvalue weighted by Crippen LogP contribution is 2.18. The lowest BCUT2D eigenvalue weighted by molar-refractivity contribution is 0.105. The number of hydrogen-bond donors (Lipinski definition) is 0. The lowest BCUT2D eigenvalue weighted by atomic mass is 10.3. The van der Waals surface area contributed by atoms with E-state index in [0.29, 0.717) is 19.7 Å². The third-order valence-corrected chi connectivity index (χ3v) is 4.54. The van der Waals surface area contributed by atoms with Crippen LogP contribution in [0.1, 0.15) is 6.92 Å². The van der Waals surface area contributed by atoms with Crippen LogP contribution in [0.2, 0.25) is 0 Å². The van der Waals surface area contributed by atoms with E-state index in [1.807, 2.05) is 19.2 Å². The van der Waals surface area contributed by atoms with Crippen molar-refractivity contribution in [1.29, 1.82) is 0 Å². The van der Waals surface area contributed by atoms with Crippen LogP contribution in [0.15, 0.2) is 12.3 Å². The predicted molar refractivity (Wildman–Crippen MR) is 92.6 cm³/mol. The second kappa shape index (κ2) is 7.65. The number of carbonyl (C=O) groups is 1. The van der Waals surface area contributed by atoms with Crippen molar-refractivity contribution in [1.82, 2.24) is 19.8 Å². The van der Waals surface area contributed by atoms with Crippen molar-refractivity contribution in [2.45, 2.75) is 6.92 Å². The number of piperazine rings is 2. The van der Waals surface area contributed by atoms with Crippen LogP contribution in [-0.2, 0) is 4.74 Å². The smallest absolute Gasteiger partial charge is 0.409 e. The van der Waals surface area contributed by atoms with Gasteiger partial charge in [-0.15, -0.1) is 0 Å². The average molecular weight is 334 g/mol. The van der Waals surface area contributed by atoms with E-state index in [9.17, 15) is 4.79 Å². The van der Waals surface area contributed by atoms with Crippen molar-refractivity contribution in [2.24, 2.45) is 0 Å². The van der Waals surface area contributed by atoms with Crippen molar-refractivity contribution in [3.8, 4) is 0 Å². The van der Waals surface area contributed by atoms with Crippen molar-refractivity contribution >= 4 is 17.9 Å². The predicted octanol–water partition coefficient (Wildman–Crippen LogP) is 0.507. The Bertz CT molecular complexity index is 553. The molecule has 0 bridgehead atoms. The molecule has 1 aromatic rings. The molecule has 2 fully saturated rings. The Morgan fingerprint density at radius 2 is 1.75 bits per heavy atom. The highest BCUT2D eigenvalue weighted by Gasteiger charge is 2.24. The summed E-state index contributed by atoms with van der Waals surface area (Å²) in [5.41, 5.74) is 0. The summed E-state index contributed by atoms with van der Waals surface area (Å²) < 4.78 is 5.06. The van der Waals surface area contributed by atoms with E-state index in [0.717, 1.165) is 51.0 Å². The van der Waals surface area contributed by atoms with Crippen LogP contribution < -0.4 is 9.80 Å². The van der Waals surface area contributed by atoms with E-state index in [2.05, 4.69) is 26.7 Å². The van der Waals surface area contributed by atoms with Crippen LogP contribution in [-0.4, -0.2) is 91.9 Å². The van der Waals surface area contributed by atoms with Gasteiger partial charge in [0, 0.05) is 58.6 Å². The number of hydrogen-bond acceptors (Lipinski definition) is 7. The molecular formula is C16H26N6O2. The number of nitrogens with zero attached hydrogens (tertiary/aromatic N) is 6. The van der Waals surface area contributed by atoms with Crippen molar-refractivity contribution in [2.75, 3.05) is 75.8 Å². The summed E-state index contributed by atoms with van der Waals surface area (Å²) in [5, 5.41) is 0. The fourth-order valence-electron chi connectivity index (χ4n) is 3.01. The maximum Gasteiger partial charge on any atom is 0.409 e. The van der Waals surface area contributed by atoms with Gasteiger partial charge < -0.3 is 24.3 Å². The van der Waals surface area contributed by atoms with E-state index in [1.165, 1.54) is 0 Å². The molecule has 0 spiro atoms. The molecule has 0 radical (unpaired) electrons. The third kappa shape index (κ3) is 3.87. The monoisotopic (exact) mass is 334 g/mol. The number of likely N-dealkylation sites (N-methyl/N-ethyl adjacent to an activating group) is 1. The van der Waals surface area contributed by atoms with Crippen molar-refractivity contribution in [3.05, 3.63) is 12.3 Å². The summed E-state index contributed by atoms with van der Waals surface area (Å²) in [6, 6.07) is 1.98. The lowest BCUT2D eigenvalue weighted by Gasteiger charge is -2.35. The Morgan fingerprint density at radius 1 is 1.08 bits per heavy atom. The molecule has 2 aliphatic heterocycles. The van der Waals surface area contributed by atoms with Gasteiger partial charge in [0.1, 0.15) is 5.82 Å². The van der Waals surface area contributed by atoms with E-state index in [4.69, 9.17) is 9.72 Å². The minimum Gasteiger partial charge on any atom is -0.450 e. The van der Waals surface area contributed by atoms with Gasteiger partial charge in [0.15, 0.2) is 0 Å². The number of ether oxygens (including phenoxy) is 1. The largest absolute Gasteiger partial charge is 0.450 e. The Hall–Kier alpha value is -2.09. The standard InChI is InChI=1S/C16H26N6O2/c1-3-24-16(23)22-12-10-21(11-13-22)15-17-5-4-14(18-15)20-8-6-19(2)7-9-20/h4-5H,3,6-13H2,1-2H3. The zero-order valence-electron chi connectivity index (χ0n) is 14.5. The molecule has 3 heterocycles. The lowest BCUT2D eigenvalue weighted by Crippen LogP contribution is -2.49. The van der Waals surface area contributed by atoms with Crippen LogP contribution in [0.4, 0.5) is 16.6 Å². The average Bonchev–Trinajstić information content (AvgIpc) is 2.63. The van der Waals surface area contributed by atoms with Gasteiger partial charge in [-0.2, -0.15) is 4.98 Å². The number of carbonyl (C=O) groups excluding carboxylic acids is 1. The zero-order chi connectivity index (χ0) is 16.9. The first-order chi connectivity index (χ1) is 11.7. The fourth-order valence-corrected chi connectivity index (χ4v) is 3.01. The van der Waals surface area contributed by atoms with E-state index < -0.39 is 0 Å². The first-order valence-corrected chi connectivity index (χ1v) is 8.60. The van der Waals surface area contributed by atoms with Crippen molar-refractivity contribution in [3.63, 3.8) is 0 Å². The molecule has 2 aliphatic rings. The molecule has 8 heteroatoms. The normalized spacial score (nSPS) is 19.5. The van der Waals surface area contributed by atoms with Crippen molar-refractivity contribution < 1.29 is 9.53 Å². The molecule has 0 unspecified atom stereocenters. The van der Waals surface area contributed by atoms with E-state index in [-0.39, 0.29) is 6.09 Å². The van der Waals surface area contributed by atoms with Crippen LogP contribution >= 0.6 is 0 Å². The van der Waals surface area contributed by atoms with Gasteiger partial charge in [-0.3, -0.25) is 0 Å².